The molecule has 2 atom stereocenters. The molecule has 0 aromatic carbocycles. The maximum Gasteiger partial charge on any atom is 0.0584 e. The number of thiophene rings is 1. The van der Waals surface area contributed by atoms with Gasteiger partial charge in [-0.25, -0.2) is 0 Å². The minimum absolute atomic E-state index is 0.239. The van der Waals surface area contributed by atoms with Crippen LogP contribution in [0.15, 0.2) is 17.5 Å². The molecule has 1 saturated carbocycles. The zero-order valence-corrected chi connectivity index (χ0v) is 11.4. The monoisotopic (exact) mass is 253 g/mol. The van der Waals surface area contributed by atoms with E-state index >= 15 is 0 Å². The molecule has 1 aromatic rings. The first-order chi connectivity index (χ1) is 8.35. The van der Waals surface area contributed by atoms with Gasteiger partial charge < -0.3 is 10.4 Å². The highest BCUT2D eigenvalue weighted by Gasteiger charge is 2.28. The third-order valence-corrected chi connectivity index (χ3v) is 4.80. The lowest BCUT2D eigenvalue weighted by molar-refractivity contribution is 0.212. The molecule has 0 saturated heterocycles. The Kier molecular flexibility index (Phi) is 5.01. The number of hydrogen-bond acceptors (Lipinski definition) is 3. The van der Waals surface area contributed by atoms with Crippen molar-refractivity contribution in [1.82, 2.24) is 5.32 Å². The highest BCUT2D eigenvalue weighted by Crippen LogP contribution is 2.37. The number of aliphatic hydroxyl groups is 1. The van der Waals surface area contributed by atoms with E-state index in [1.54, 1.807) is 0 Å². The van der Waals surface area contributed by atoms with E-state index in [1.165, 1.54) is 30.6 Å². The number of aliphatic hydroxyl groups excluding tert-OH is 1. The van der Waals surface area contributed by atoms with Crippen molar-refractivity contribution in [3.05, 3.63) is 22.4 Å². The van der Waals surface area contributed by atoms with Crippen LogP contribution in [0.1, 0.15) is 49.9 Å². The standard InChI is InChI=1S/C14H23NOS/c1-2-12(10-16)15-14(11-6-3-4-7-11)13-8-5-9-17-13/h5,8-9,11-12,14-16H,2-4,6-7,10H2,1H3/t12-,14?/m1/s1. The first kappa shape index (κ1) is 13.1. The van der Waals surface area contributed by atoms with Crippen LogP contribution < -0.4 is 5.32 Å². The fraction of sp³-hybridized carbons (Fsp3) is 0.714. The van der Waals surface area contributed by atoms with Gasteiger partial charge in [0, 0.05) is 17.0 Å². The van der Waals surface area contributed by atoms with Crippen molar-refractivity contribution in [2.45, 2.75) is 51.1 Å². The molecule has 1 heterocycles. The molecule has 1 fully saturated rings. The van der Waals surface area contributed by atoms with Gasteiger partial charge in [0.05, 0.1) is 6.61 Å². The highest BCUT2D eigenvalue weighted by molar-refractivity contribution is 7.10. The SMILES string of the molecule is CC[C@H](CO)NC(c1cccs1)C1CCCC1. The zero-order chi connectivity index (χ0) is 12.1. The van der Waals surface area contributed by atoms with E-state index in [0.29, 0.717) is 6.04 Å². The van der Waals surface area contributed by atoms with Gasteiger partial charge in [-0.1, -0.05) is 25.8 Å². The second-order valence-corrected chi connectivity index (χ2v) is 5.97. The van der Waals surface area contributed by atoms with Gasteiger partial charge in [0.1, 0.15) is 0 Å². The van der Waals surface area contributed by atoms with Crippen LogP contribution in [0.5, 0.6) is 0 Å². The van der Waals surface area contributed by atoms with Crippen molar-refractivity contribution in [3.63, 3.8) is 0 Å². The van der Waals surface area contributed by atoms with Crippen LogP contribution in [0.2, 0.25) is 0 Å². The largest absolute Gasteiger partial charge is 0.395 e. The number of rotatable bonds is 6. The van der Waals surface area contributed by atoms with E-state index in [4.69, 9.17) is 0 Å². The third kappa shape index (κ3) is 3.30. The lowest BCUT2D eigenvalue weighted by Crippen LogP contribution is -2.37. The molecule has 2 nitrogen and oxygen atoms in total. The van der Waals surface area contributed by atoms with Gasteiger partial charge >= 0.3 is 0 Å². The first-order valence-corrected chi connectivity index (χ1v) is 7.63. The third-order valence-electron chi connectivity index (χ3n) is 3.85. The summed E-state index contributed by atoms with van der Waals surface area (Å²) in [5, 5.41) is 15.2. The van der Waals surface area contributed by atoms with Crippen molar-refractivity contribution in [3.8, 4) is 0 Å². The Morgan fingerprint density at radius 1 is 1.47 bits per heavy atom. The summed E-state index contributed by atoms with van der Waals surface area (Å²) >= 11 is 1.84. The molecular formula is C14H23NOS. The Hall–Kier alpha value is -0.380. The summed E-state index contributed by atoms with van der Waals surface area (Å²) in [6.45, 7) is 2.37. The Morgan fingerprint density at radius 2 is 2.24 bits per heavy atom. The molecule has 0 radical (unpaired) electrons. The fourth-order valence-electron chi connectivity index (χ4n) is 2.76. The molecule has 17 heavy (non-hydrogen) atoms. The second kappa shape index (κ2) is 6.53. The number of hydrogen-bond donors (Lipinski definition) is 2. The van der Waals surface area contributed by atoms with E-state index in [9.17, 15) is 5.11 Å². The van der Waals surface area contributed by atoms with Gasteiger partial charge in [0.25, 0.3) is 0 Å². The normalized spacial score (nSPS) is 20.6. The molecule has 3 heteroatoms. The molecule has 0 spiro atoms. The molecule has 96 valence electrons. The molecule has 0 bridgehead atoms. The zero-order valence-electron chi connectivity index (χ0n) is 10.6. The van der Waals surface area contributed by atoms with Gasteiger partial charge in [-0.05, 0) is 36.6 Å². The molecule has 2 rings (SSSR count). The van der Waals surface area contributed by atoms with Crippen LogP contribution in [0, 0.1) is 5.92 Å². The molecule has 1 aromatic heterocycles. The quantitative estimate of drug-likeness (QED) is 0.815. The molecule has 0 amide bonds. The summed E-state index contributed by atoms with van der Waals surface area (Å²) in [6, 6.07) is 5.05. The minimum Gasteiger partial charge on any atom is -0.395 e. The van der Waals surface area contributed by atoms with Gasteiger partial charge in [-0.2, -0.15) is 0 Å². The predicted molar refractivity (Wildman–Crippen MR) is 73.3 cm³/mol. The van der Waals surface area contributed by atoms with Crippen LogP contribution in [0.3, 0.4) is 0 Å². The molecule has 1 aliphatic carbocycles. The van der Waals surface area contributed by atoms with E-state index in [0.717, 1.165) is 12.3 Å². The molecule has 1 aliphatic rings. The van der Waals surface area contributed by atoms with Crippen LogP contribution in [-0.4, -0.2) is 17.8 Å². The Balaban J connectivity index is 2.06. The van der Waals surface area contributed by atoms with Gasteiger partial charge in [0.2, 0.25) is 0 Å². The van der Waals surface area contributed by atoms with Crippen LogP contribution in [0.25, 0.3) is 0 Å². The second-order valence-electron chi connectivity index (χ2n) is 4.99. The van der Waals surface area contributed by atoms with Crippen molar-refractivity contribution in [1.29, 1.82) is 0 Å². The summed E-state index contributed by atoms with van der Waals surface area (Å²) in [5.41, 5.74) is 0. The Morgan fingerprint density at radius 3 is 2.76 bits per heavy atom. The van der Waals surface area contributed by atoms with E-state index in [2.05, 4.69) is 29.8 Å². The van der Waals surface area contributed by atoms with Crippen LogP contribution in [-0.2, 0) is 0 Å². The van der Waals surface area contributed by atoms with Crippen molar-refractivity contribution >= 4 is 11.3 Å². The molecule has 0 aliphatic heterocycles. The van der Waals surface area contributed by atoms with Gasteiger partial charge in [0.15, 0.2) is 0 Å². The predicted octanol–water partition coefficient (Wildman–Crippen LogP) is 3.34. The molecule has 2 N–H and O–H groups in total. The van der Waals surface area contributed by atoms with E-state index < -0.39 is 0 Å². The lowest BCUT2D eigenvalue weighted by atomic mass is 9.95. The highest BCUT2D eigenvalue weighted by atomic mass is 32.1. The summed E-state index contributed by atoms with van der Waals surface area (Å²) in [6.07, 6.45) is 6.38. The summed E-state index contributed by atoms with van der Waals surface area (Å²) in [4.78, 5) is 1.43. The van der Waals surface area contributed by atoms with E-state index in [-0.39, 0.29) is 12.6 Å². The summed E-state index contributed by atoms with van der Waals surface area (Å²) < 4.78 is 0. The average Bonchev–Trinajstić information content (AvgIpc) is 3.03. The smallest absolute Gasteiger partial charge is 0.0584 e. The van der Waals surface area contributed by atoms with Gasteiger partial charge in [-0.3, -0.25) is 0 Å². The Labute approximate surface area is 108 Å². The van der Waals surface area contributed by atoms with Crippen molar-refractivity contribution in [2.24, 2.45) is 5.92 Å². The topological polar surface area (TPSA) is 32.3 Å². The van der Waals surface area contributed by atoms with Gasteiger partial charge in [-0.15, -0.1) is 11.3 Å². The minimum atomic E-state index is 0.239. The number of nitrogens with one attached hydrogen (secondary N) is 1. The Bertz CT molecular complexity index is 302. The lowest BCUT2D eigenvalue weighted by Gasteiger charge is -2.28. The van der Waals surface area contributed by atoms with E-state index in [1.807, 2.05) is 11.3 Å². The molecule has 1 unspecified atom stereocenters. The summed E-state index contributed by atoms with van der Waals surface area (Å²) in [7, 11) is 0. The fourth-order valence-corrected chi connectivity index (χ4v) is 3.64. The van der Waals surface area contributed by atoms with Crippen molar-refractivity contribution in [2.75, 3.05) is 6.61 Å². The van der Waals surface area contributed by atoms with Crippen LogP contribution in [0.4, 0.5) is 0 Å². The maximum atomic E-state index is 9.36. The summed E-state index contributed by atoms with van der Waals surface area (Å²) in [5.74, 6) is 0.759. The average molecular weight is 253 g/mol. The van der Waals surface area contributed by atoms with Crippen molar-refractivity contribution < 1.29 is 5.11 Å². The first-order valence-electron chi connectivity index (χ1n) is 6.75. The maximum absolute atomic E-state index is 9.36. The van der Waals surface area contributed by atoms with Crippen LogP contribution >= 0.6 is 11.3 Å². The molecular weight excluding hydrogens is 230 g/mol.